The average Bonchev–Trinajstić information content (AvgIpc) is 2.28. The summed E-state index contributed by atoms with van der Waals surface area (Å²) < 4.78 is 5.23. The largest absolute Gasteiger partial charge is 0.482 e. The molecule has 2 rings (SSSR count). The maximum atomic E-state index is 11.1. The molecule has 1 atom stereocenters. The zero-order chi connectivity index (χ0) is 11.5. The molecule has 1 aliphatic rings. The van der Waals surface area contributed by atoms with E-state index in [0.29, 0.717) is 17.8 Å². The van der Waals surface area contributed by atoms with E-state index in [9.17, 15) is 9.59 Å². The third kappa shape index (κ3) is 1.98. The number of amides is 2. The molecule has 0 fully saturated rings. The lowest BCUT2D eigenvalue weighted by molar-refractivity contribution is -0.118. The lowest BCUT2D eigenvalue weighted by Gasteiger charge is -2.20. The van der Waals surface area contributed by atoms with Crippen molar-refractivity contribution in [2.45, 2.75) is 13.0 Å². The molecule has 2 N–H and O–H groups in total. The predicted octanol–water partition coefficient (Wildman–Crippen LogP) is 0.825. The molecular formula is C11H12N2O3. The number of nitrogens with one attached hydrogen (secondary N) is 2. The number of ether oxygens (including phenoxy) is 1. The van der Waals surface area contributed by atoms with Crippen molar-refractivity contribution in [2.24, 2.45) is 0 Å². The molecule has 1 aromatic carbocycles. The molecule has 5 heteroatoms. The second-order valence-electron chi connectivity index (χ2n) is 3.60. The van der Waals surface area contributed by atoms with Gasteiger partial charge >= 0.3 is 0 Å². The van der Waals surface area contributed by atoms with E-state index in [4.69, 9.17) is 4.74 Å². The Morgan fingerprint density at radius 2 is 2.38 bits per heavy atom. The third-order valence-electron chi connectivity index (χ3n) is 2.45. The van der Waals surface area contributed by atoms with Crippen LogP contribution in [0.15, 0.2) is 18.2 Å². The van der Waals surface area contributed by atoms with Crippen LogP contribution in [0.1, 0.15) is 18.5 Å². The number of benzene rings is 1. The minimum Gasteiger partial charge on any atom is -0.482 e. The highest BCUT2D eigenvalue weighted by atomic mass is 16.5. The van der Waals surface area contributed by atoms with Gasteiger partial charge in [0.1, 0.15) is 5.75 Å². The van der Waals surface area contributed by atoms with Crippen LogP contribution in [0.2, 0.25) is 0 Å². The molecule has 0 saturated heterocycles. The van der Waals surface area contributed by atoms with Gasteiger partial charge in [-0.15, -0.1) is 0 Å². The van der Waals surface area contributed by atoms with Crippen LogP contribution in [0, 0.1) is 0 Å². The molecule has 0 aliphatic carbocycles. The van der Waals surface area contributed by atoms with Gasteiger partial charge < -0.3 is 15.4 Å². The fourth-order valence-corrected chi connectivity index (χ4v) is 1.57. The lowest BCUT2D eigenvalue weighted by atomic mass is 10.1. The van der Waals surface area contributed by atoms with Gasteiger partial charge in [-0.05, 0) is 24.6 Å². The molecule has 1 heterocycles. The van der Waals surface area contributed by atoms with Gasteiger partial charge in [0.05, 0.1) is 11.7 Å². The monoisotopic (exact) mass is 220 g/mol. The van der Waals surface area contributed by atoms with Crippen molar-refractivity contribution in [3.63, 3.8) is 0 Å². The van der Waals surface area contributed by atoms with Gasteiger partial charge in [0, 0.05) is 0 Å². The first-order chi connectivity index (χ1) is 7.70. The summed E-state index contributed by atoms with van der Waals surface area (Å²) >= 11 is 0. The van der Waals surface area contributed by atoms with Crippen molar-refractivity contribution in [1.82, 2.24) is 5.32 Å². The van der Waals surface area contributed by atoms with Gasteiger partial charge in [-0.3, -0.25) is 9.59 Å². The highest BCUT2D eigenvalue weighted by molar-refractivity contribution is 5.95. The number of fused-ring (bicyclic) bond motifs is 1. The van der Waals surface area contributed by atoms with Crippen molar-refractivity contribution in [2.75, 3.05) is 11.9 Å². The normalized spacial score (nSPS) is 15.4. The summed E-state index contributed by atoms with van der Waals surface area (Å²) in [4.78, 5) is 21.4. The number of hydrogen-bond acceptors (Lipinski definition) is 3. The Morgan fingerprint density at radius 3 is 3.12 bits per heavy atom. The molecule has 2 amide bonds. The molecule has 0 spiro atoms. The second-order valence-corrected chi connectivity index (χ2v) is 3.60. The maximum absolute atomic E-state index is 11.1. The summed E-state index contributed by atoms with van der Waals surface area (Å²) in [5.41, 5.74) is 1.56. The van der Waals surface area contributed by atoms with E-state index in [1.807, 2.05) is 13.0 Å². The van der Waals surface area contributed by atoms with Gasteiger partial charge in [0.15, 0.2) is 6.61 Å². The average molecular weight is 220 g/mol. The van der Waals surface area contributed by atoms with Crippen molar-refractivity contribution in [3.05, 3.63) is 23.8 Å². The van der Waals surface area contributed by atoms with Crippen LogP contribution in [-0.4, -0.2) is 18.9 Å². The Hall–Kier alpha value is -2.04. The summed E-state index contributed by atoms with van der Waals surface area (Å²) in [6, 6.07) is 5.35. The molecule has 0 saturated carbocycles. The van der Waals surface area contributed by atoms with Crippen LogP contribution in [0.3, 0.4) is 0 Å². The molecule has 1 aliphatic heterocycles. The third-order valence-corrected chi connectivity index (χ3v) is 2.45. The van der Waals surface area contributed by atoms with E-state index >= 15 is 0 Å². The SMILES string of the molecule is CC(NC=O)c1ccc2c(c1)NC(=O)CO2. The minimum absolute atomic E-state index is 0.0501. The Kier molecular flexibility index (Phi) is 2.76. The van der Waals surface area contributed by atoms with Crippen molar-refractivity contribution >= 4 is 18.0 Å². The van der Waals surface area contributed by atoms with Gasteiger partial charge in [-0.25, -0.2) is 0 Å². The van der Waals surface area contributed by atoms with Gasteiger partial charge in [0.25, 0.3) is 5.91 Å². The van der Waals surface area contributed by atoms with Crippen LogP contribution in [0.4, 0.5) is 5.69 Å². The van der Waals surface area contributed by atoms with E-state index in [1.165, 1.54) is 0 Å². The Morgan fingerprint density at radius 1 is 1.56 bits per heavy atom. The number of rotatable bonds is 3. The molecule has 16 heavy (non-hydrogen) atoms. The quantitative estimate of drug-likeness (QED) is 0.741. The topological polar surface area (TPSA) is 67.4 Å². The lowest BCUT2D eigenvalue weighted by Crippen LogP contribution is -2.25. The molecule has 0 radical (unpaired) electrons. The van der Waals surface area contributed by atoms with Gasteiger partial charge in [-0.1, -0.05) is 6.07 Å². The van der Waals surface area contributed by atoms with Crippen LogP contribution in [-0.2, 0) is 9.59 Å². The minimum atomic E-state index is -0.166. The Bertz CT molecular complexity index is 431. The van der Waals surface area contributed by atoms with E-state index in [0.717, 1.165) is 5.56 Å². The maximum Gasteiger partial charge on any atom is 0.262 e. The molecule has 1 aromatic rings. The molecule has 84 valence electrons. The van der Waals surface area contributed by atoms with Crippen molar-refractivity contribution in [1.29, 1.82) is 0 Å². The fraction of sp³-hybridized carbons (Fsp3) is 0.273. The summed E-state index contributed by atoms with van der Waals surface area (Å²) in [6.07, 6.45) is 0.652. The van der Waals surface area contributed by atoms with Crippen LogP contribution in [0.5, 0.6) is 5.75 Å². The standard InChI is InChI=1S/C11H12N2O3/c1-7(12-6-14)8-2-3-10-9(4-8)13-11(15)5-16-10/h2-4,6-7H,5H2,1H3,(H,12,14)(H,13,15). The molecular weight excluding hydrogens is 208 g/mol. The number of anilines is 1. The number of hydrogen-bond donors (Lipinski definition) is 2. The van der Waals surface area contributed by atoms with E-state index in [2.05, 4.69) is 10.6 Å². The summed E-state index contributed by atoms with van der Waals surface area (Å²) in [6.45, 7) is 1.91. The van der Waals surface area contributed by atoms with E-state index in [-0.39, 0.29) is 18.6 Å². The van der Waals surface area contributed by atoms with Gasteiger partial charge in [0.2, 0.25) is 6.41 Å². The Labute approximate surface area is 92.8 Å². The highest BCUT2D eigenvalue weighted by Gasteiger charge is 2.17. The van der Waals surface area contributed by atoms with Crippen LogP contribution >= 0.6 is 0 Å². The van der Waals surface area contributed by atoms with Gasteiger partial charge in [-0.2, -0.15) is 0 Å². The molecule has 5 nitrogen and oxygen atoms in total. The van der Waals surface area contributed by atoms with Crippen LogP contribution in [0.25, 0.3) is 0 Å². The zero-order valence-corrected chi connectivity index (χ0v) is 8.82. The predicted molar refractivity (Wildman–Crippen MR) is 58.2 cm³/mol. The second kappa shape index (κ2) is 4.22. The summed E-state index contributed by atoms with van der Waals surface area (Å²) in [5.74, 6) is 0.488. The number of carbonyl (C=O) groups excluding carboxylic acids is 2. The molecule has 0 aromatic heterocycles. The Balaban J connectivity index is 2.27. The molecule has 1 unspecified atom stereocenters. The summed E-state index contributed by atoms with van der Waals surface area (Å²) in [5, 5.41) is 5.36. The van der Waals surface area contributed by atoms with Crippen molar-refractivity contribution < 1.29 is 14.3 Å². The van der Waals surface area contributed by atoms with Crippen LogP contribution < -0.4 is 15.4 Å². The van der Waals surface area contributed by atoms with E-state index in [1.54, 1.807) is 12.1 Å². The van der Waals surface area contributed by atoms with E-state index < -0.39 is 0 Å². The highest BCUT2D eigenvalue weighted by Crippen LogP contribution is 2.30. The van der Waals surface area contributed by atoms with Crippen molar-refractivity contribution in [3.8, 4) is 5.75 Å². The number of carbonyl (C=O) groups is 2. The first-order valence-electron chi connectivity index (χ1n) is 4.97. The molecule has 0 bridgehead atoms. The first kappa shape index (κ1) is 10.5. The first-order valence-corrected chi connectivity index (χ1v) is 4.97. The smallest absolute Gasteiger partial charge is 0.262 e. The fourth-order valence-electron chi connectivity index (χ4n) is 1.57. The summed E-state index contributed by atoms with van der Waals surface area (Å²) in [7, 11) is 0. The zero-order valence-electron chi connectivity index (χ0n) is 8.82.